The number of carbonyl (C=O) groups is 1. The van der Waals surface area contributed by atoms with E-state index in [1.807, 2.05) is 13.8 Å². The molecule has 0 spiro atoms. The molecule has 0 fully saturated rings. The third kappa shape index (κ3) is 5.18. The van der Waals surface area contributed by atoms with E-state index in [-0.39, 0.29) is 12.3 Å². The van der Waals surface area contributed by atoms with Gasteiger partial charge in [0.05, 0.1) is 12.5 Å². The fourth-order valence-electron chi connectivity index (χ4n) is 1.27. The highest BCUT2D eigenvalue weighted by atomic mass is 16.2. The van der Waals surface area contributed by atoms with E-state index in [2.05, 4.69) is 18.0 Å². The number of rotatable bonds is 7. The van der Waals surface area contributed by atoms with Gasteiger partial charge < -0.3 is 4.90 Å². The molecule has 0 aliphatic carbocycles. The molecule has 0 aromatic heterocycles. The lowest BCUT2D eigenvalue weighted by atomic mass is 10.2. The zero-order valence-corrected chi connectivity index (χ0v) is 9.49. The summed E-state index contributed by atoms with van der Waals surface area (Å²) in [6.07, 6.45) is 1.90. The van der Waals surface area contributed by atoms with Crippen molar-refractivity contribution >= 4 is 5.91 Å². The first kappa shape index (κ1) is 13.7. The van der Waals surface area contributed by atoms with E-state index >= 15 is 0 Å². The van der Waals surface area contributed by atoms with Gasteiger partial charge in [0.2, 0.25) is 5.91 Å². The Morgan fingerprint density at radius 2 is 2.20 bits per heavy atom. The summed E-state index contributed by atoms with van der Waals surface area (Å²) in [6.45, 7) is 9.33. The molecule has 1 unspecified atom stereocenters. The standard InChI is InChI=1S/C11H19N3O/c1-4-7-13-10(9-12)8-11(15)14(5-2)6-3/h4,10,13H,1,5-8H2,2-3H3. The van der Waals surface area contributed by atoms with Gasteiger partial charge in [-0.3, -0.25) is 10.1 Å². The van der Waals surface area contributed by atoms with Crippen molar-refractivity contribution in [2.75, 3.05) is 19.6 Å². The topological polar surface area (TPSA) is 56.1 Å². The van der Waals surface area contributed by atoms with Crippen LogP contribution in [0.5, 0.6) is 0 Å². The molecule has 1 amide bonds. The van der Waals surface area contributed by atoms with Gasteiger partial charge in [-0.25, -0.2) is 0 Å². The van der Waals surface area contributed by atoms with Crippen molar-refractivity contribution in [2.45, 2.75) is 26.3 Å². The molecular formula is C11H19N3O. The molecule has 84 valence electrons. The Bertz CT molecular complexity index is 241. The van der Waals surface area contributed by atoms with Gasteiger partial charge in [-0.05, 0) is 13.8 Å². The van der Waals surface area contributed by atoms with Crippen LogP contribution in [0.4, 0.5) is 0 Å². The normalized spacial score (nSPS) is 11.5. The highest BCUT2D eigenvalue weighted by molar-refractivity contribution is 5.77. The van der Waals surface area contributed by atoms with E-state index in [1.165, 1.54) is 0 Å². The van der Waals surface area contributed by atoms with Crippen LogP contribution in [0.2, 0.25) is 0 Å². The molecule has 0 saturated heterocycles. The lowest BCUT2D eigenvalue weighted by Gasteiger charge is -2.20. The van der Waals surface area contributed by atoms with Crippen molar-refractivity contribution < 1.29 is 4.79 Å². The summed E-state index contributed by atoms with van der Waals surface area (Å²) >= 11 is 0. The number of amides is 1. The fraction of sp³-hybridized carbons (Fsp3) is 0.636. The maximum Gasteiger partial charge on any atom is 0.225 e. The number of carbonyl (C=O) groups excluding carboxylic acids is 1. The summed E-state index contributed by atoms with van der Waals surface area (Å²) in [7, 11) is 0. The predicted molar refractivity (Wildman–Crippen MR) is 60.1 cm³/mol. The number of nitrogens with zero attached hydrogens (tertiary/aromatic N) is 2. The number of nitriles is 1. The summed E-state index contributed by atoms with van der Waals surface area (Å²) in [6, 6.07) is 1.64. The van der Waals surface area contributed by atoms with Crippen molar-refractivity contribution in [1.82, 2.24) is 10.2 Å². The first-order valence-corrected chi connectivity index (χ1v) is 5.21. The highest BCUT2D eigenvalue weighted by Gasteiger charge is 2.15. The molecule has 0 aliphatic rings. The first-order valence-electron chi connectivity index (χ1n) is 5.21. The molecule has 0 bridgehead atoms. The monoisotopic (exact) mass is 209 g/mol. The largest absolute Gasteiger partial charge is 0.343 e. The van der Waals surface area contributed by atoms with Crippen molar-refractivity contribution in [3.05, 3.63) is 12.7 Å². The van der Waals surface area contributed by atoms with Gasteiger partial charge >= 0.3 is 0 Å². The Morgan fingerprint density at radius 1 is 1.60 bits per heavy atom. The van der Waals surface area contributed by atoms with Gasteiger partial charge in [0, 0.05) is 19.6 Å². The van der Waals surface area contributed by atoms with Gasteiger partial charge in [-0.1, -0.05) is 6.08 Å². The van der Waals surface area contributed by atoms with Crippen LogP contribution in [-0.2, 0) is 4.79 Å². The average molecular weight is 209 g/mol. The predicted octanol–water partition coefficient (Wildman–Crippen LogP) is 0.913. The summed E-state index contributed by atoms with van der Waals surface area (Å²) in [5.74, 6) is 0.0168. The molecule has 0 aromatic carbocycles. The lowest BCUT2D eigenvalue weighted by Crippen LogP contribution is -2.37. The van der Waals surface area contributed by atoms with E-state index in [0.717, 1.165) is 0 Å². The van der Waals surface area contributed by atoms with Crippen molar-refractivity contribution in [3.63, 3.8) is 0 Å². The zero-order valence-electron chi connectivity index (χ0n) is 9.49. The molecule has 0 heterocycles. The summed E-state index contributed by atoms with van der Waals surface area (Å²) in [4.78, 5) is 13.4. The minimum Gasteiger partial charge on any atom is -0.343 e. The maximum absolute atomic E-state index is 11.6. The molecule has 4 nitrogen and oxygen atoms in total. The van der Waals surface area contributed by atoms with Crippen LogP contribution < -0.4 is 5.32 Å². The lowest BCUT2D eigenvalue weighted by molar-refractivity contribution is -0.131. The average Bonchev–Trinajstić information content (AvgIpc) is 2.25. The van der Waals surface area contributed by atoms with E-state index in [1.54, 1.807) is 11.0 Å². The second kappa shape index (κ2) is 8.01. The van der Waals surface area contributed by atoms with Crippen molar-refractivity contribution in [2.24, 2.45) is 0 Å². The Balaban J connectivity index is 4.11. The molecule has 15 heavy (non-hydrogen) atoms. The third-order valence-electron chi connectivity index (χ3n) is 2.16. The third-order valence-corrected chi connectivity index (χ3v) is 2.16. The summed E-state index contributed by atoms with van der Waals surface area (Å²) < 4.78 is 0. The van der Waals surface area contributed by atoms with Gasteiger partial charge in [-0.15, -0.1) is 6.58 Å². The van der Waals surface area contributed by atoms with E-state index < -0.39 is 6.04 Å². The van der Waals surface area contributed by atoms with Crippen LogP contribution in [0.1, 0.15) is 20.3 Å². The van der Waals surface area contributed by atoms with Crippen molar-refractivity contribution in [1.29, 1.82) is 5.26 Å². The van der Waals surface area contributed by atoms with Gasteiger partial charge in [0.15, 0.2) is 0 Å². The zero-order chi connectivity index (χ0) is 11.7. The highest BCUT2D eigenvalue weighted by Crippen LogP contribution is 1.98. The van der Waals surface area contributed by atoms with Gasteiger partial charge in [0.1, 0.15) is 6.04 Å². The molecule has 0 radical (unpaired) electrons. The summed E-state index contributed by atoms with van der Waals surface area (Å²) in [5.41, 5.74) is 0. The van der Waals surface area contributed by atoms with Crippen LogP contribution in [-0.4, -0.2) is 36.5 Å². The second-order valence-corrected chi connectivity index (χ2v) is 3.15. The fourth-order valence-corrected chi connectivity index (χ4v) is 1.27. The molecule has 1 N–H and O–H groups in total. The first-order chi connectivity index (χ1) is 7.19. The molecule has 4 heteroatoms. The SMILES string of the molecule is C=CCNC(C#N)CC(=O)N(CC)CC. The van der Waals surface area contributed by atoms with E-state index in [9.17, 15) is 4.79 Å². The molecule has 0 rings (SSSR count). The van der Waals surface area contributed by atoms with Gasteiger partial charge in [-0.2, -0.15) is 5.26 Å². The van der Waals surface area contributed by atoms with E-state index in [4.69, 9.17) is 5.26 Å². The molecule has 1 atom stereocenters. The quantitative estimate of drug-likeness (QED) is 0.634. The Hall–Kier alpha value is -1.34. The Kier molecular flexibility index (Phi) is 7.29. The molecule has 0 aliphatic heterocycles. The molecular weight excluding hydrogens is 190 g/mol. The minimum absolute atomic E-state index is 0.0168. The van der Waals surface area contributed by atoms with Crippen LogP contribution >= 0.6 is 0 Å². The number of hydrogen-bond donors (Lipinski definition) is 1. The van der Waals surface area contributed by atoms with Crippen LogP contribution in [0.25, 0.3) is 0 Å². The van der Waals surface area contributed by atoms with Crippen LogP contribution in [0.3, 0.4) is 0 Å². The van der Waals surface area contributed by atoms with Gasteiger partial charge in [0.25, 0.3) is 0 Å². The maximum atomic E-state index is 11.6. The van der Waals surface area contributed by atoms with Crippen LogP contribution in [0.15, 0.2) is 12.7 Å². The molecule has 0 aromatic rings. The smallest absolute Gasteiger partial charge is 0.225 e. The number of hydrogen-bond acceptors (Lipinski definition) is 3. The van der Waals surface area contributed by atoms with Crippen LogP contribution in [0, 0.1) is 11.3 Å². The molecule has 0 saturated carbocycles. The second-order valence-electron chi connectivity index (χ2n) is 3.15. The summed E-state index contributed by atoms with van der Waals surface area (Å²) in [5, 5.41) is 11.7. The number of nitrogens with one attached hydrogen (secondary N) is 1. The van der Waals surface area contributed by atoms with E-state index in [0.29, 0.717) is 19.6 Å². The van der Waals surface area contributed by atoms with Crippen molar-refractivity contribution in [3.8, 4) is 6.07 Å². The Morgan fingerprint density at radius 3 is 2.60 bits per heavy atom. The minimum atomic E-state index is -0.420. The Labute approximate surface area is 91.6 Å².